The Morgan fingerprint density at radius 1 is 0.958 bits per heavy atom. The van der Waals surface area contributed by atoms with Gasteiger partial charge in [0.2, 0.25) is 0 Å². The molecule has 136 valence electrons. The number of aromatic hydroxyl groups is 1. The van der Waals surface area contributed by atoms with Crippen molar-refractivity contribution < 1.29 is 9.90 Å². The zero-order valence-corrected chi connectivity index (χ0v) is 16.2. The van der Waals surface area contributed by atoms with Gasteiger partial charge >= 0.3 is 0 Å². The molecule has 0 saturated carbocycles. The van der Waals surface area contributed by atoms with E-state index in [1.165, 1.54) is 44.9 Å². The summed E-state index contributed by atoms with van der Waals surface area (Å²) < 4.78 is 0. The number of phenols is 1. The van der Waals surface area contributed by atoms with Gasteiger partial charge in [0.25, 0.3) is 0 Å². The van der Waals surface area contributed by atoms with E-state index in [0.29, 0.717) is 12.0 Å². The van der Waals surface area contributed by atoms with Gasteiger partial charge in [-0.1, -0.05) is 84.3 Å². The van der Waals surface area contributed by atoms with E-state index in [9.17, 15) is 9.90 Å². The van der Waals surface area contributed by atoms with Crippen molar-refractivity contribution in [3.8, 4) is 5.75 Å². The summed E-state index contributed by atoms with van der Waals surface area (Å²) in [5, 5.41) is 10.3. The van der Waals surface area contributed by atoms with Crippen LogP contribution in [0.5, 0.6) is 5.75 Å². The number of phenolic OH excluding ortho intramolecular Hbond substituents is 1. The molecule has 0 spiro atoms. The minimum absolute atomic E-state index is 0.0999. The lowest BCUT2D eigenvalue weighted by molar-refractivity contribution is 0.0975. The van der Waals surface area contributed by atoms with Crippen LogP contribution >= 0.6 is 0 Å². The van der Waals surface area contributed by atoms with E-state index >= 15 is 0 Å². The fraction of sp³-hybridized carbons (Fsp3) is 0.682. The molecule has 0 heterocycles. The van der Waals surface area contributed by atoms with Crippen molar-refractivity contribution in [2.45, 2.75) is 97.8 Å². The molecule has 2 nitrogen and oxygen atoms in total. The molecule has 24 heavy (non-hydrogen) atoms. The fourth-order valence-electron chi connectivity index (χ4n) is 3.21. The monoisotopic (exact) mass is 332 g/mol. The van der Waals surface area contributed by atoms with Crippen molar-refractivity contribution in [2.75, 3.05) is 0 Å². The van der Waals surface area contributed by atoms with Crippen LogP contribution in [0.4, 0.5) is 0 Å². The average Bonchev–Trinajstić information content (AvgIpc) is 2.55. The van der Waals surface area contributed by atoms with Crippen LogP contribution in [-0.4, -0.2) is 10.9 Å². The summed E-state index contributed by atoms with van der Waals surface area (Å²) in [5.74, 6) is 0.531. The van der Waals surface area contributed by atoms with Crippen LogP contribution in [0.2, 0.25) is 0 Å². The summed E-state index contributed by atoms with van der Waals surface area (Å²) in [6.45, 7) is 8.24. The van der Waals surface area contributed by atoms with E-state index in [2.05, 4.69) is 20.8 Å². The molecular weight excluding hydrogens is 296 g/mol. The van der Waals surface area contributed by atoms with Gasteiger partial charge in [0.05, 0.1) is 5.56 Å². The molecule has 0 aromatic heterocycles. The van der Waals surface area contributed by atoms with Crippen molar-refractivity contribution >= 4 is 5.78 Å². The Bertz CT molecular complexity index is 503. The maximum Gasteiger partial charge on any atom is 0.166 e. The number of carbonyl (C=O) groups excluding carboxylic acids is 1. The molecule has 2 heteroatoms. The van der Waals surface area contributed by atoms with Crippen LogP contribution in [0.3, 0.4) is 0 Å². The van der Waals surface area contributed by atoms with E-state index in [-0.39, 0.29) is 17.5 Å². The van der Waals surface area contributed by atoms with Gasteiger partial charge in [-0.15, -0.1) is 0 Å². The lowest BCUT2D eigenvalue weighted by Gasteiger charge is -2.15. The minimum atomic E-state index is 0.0999. The highest BCUT2D eigenvalue weighted by Crippen LogP contribution is 2.31. The standard InChI is InChI=1S/C22H36O2/c1-5-6-7-8-9-10-11-12-13-14-20(23)21-19(17(2)3)16-15-18(4)22(21)24/h15-17,24H,5-14H2,1-4H3. The summed E-state index contributed by atoms with van der Waals surface area (Å²) in [4.78, 5) is 12.6. The molecule has 0 unspecified atom stereocenters. The molecule has 0 bridgehead atoms. The van der Waals surface area contributed by atoms with Gasteiger partial charge in [-0.05, 0) is 30.4 Å². The number of unbranched alkanes of at least 4 members (excludes halogenated alkanes) is 8. The summed E-state index contributed by atoms with van der Waals surface area (Å²) in [6.07, 6.45) is 11.8. The smallest absolute Gasteiger partial charge is 0.166 e. The number of hydrogen-bond donors (Lipinski definition) is 1. The minimum Gasteiger partial charge on any atom is -0.507 e. The first-order valence-corrected chi connectivity index (χ1v) is 9.84. The molecule has 1 aromatic rings. The Labute approximate surface area is 148 Å². The van der Waals surface area contributed by atoms with Crippen molar-refractivity contribution in [1.82, 2.24) is 0 Å². The lowest BCUT2D eigenvalue weighted by Crippen LogP contribution is -2.06. The van der Waals surface area contributed by atoms with Crippen LogP contribution < -0.4 is 0 Å². The molecule has 0 radical (unpaired) electrons. The molecule has 1 rings (SSSR count). The van der Waals surface area contributed by atoms with Gasteiger partial charge in [0.1, 0.15) is 5.75 Å². The first-order chi connectivity index (χ1) is 11.5. The Balaban J connectivity index is 2.40. The predicted octanol–water partition coefficient (Wildman–Crippen LogP) is 6.93. The van der Waals surface area contributed by atoms with Crippen LogP contribution in [0.1, 0.15) is 112 Å². The highest BCUT2D eigenvalue weighted by molar-refractivity contribution is 6.00. The third kappa shape index (κ3) is 6.67. The maximum atomic E-state index is 12.6. The zero-order valence-electron chi connectivity index (χ0n) is 16.2. The number of carbonyl (C=O) groups is 1. The highest BCUT2D eigenvalue weighted by atomic mass is 16.3. The van der Waals surface area contributed by atoms with E-state index in [1.807, 2.05) is 19.1 Å². The SMILES string of the molecule is CCCCCCCCCCCC(=O)c1c(C(C)C)ccc(C)c1O. The Morgan fingerprint density at radius 2 is 1.50 bits per heavy atom. The maximum absolute atomic E-state index is 12.6. The quantitative estimate of drug-likeness (QED) is 0.333. The molecule has 0 aliphatic rings. The van der Waals surface area contributed by atoms with Gasteiger partial charge in [-0.3, -0.25) is 4.79 Å². The van der Waals surface area contributed by atoms with Gasteiger partial charge in [0, 0.05) is 6.42 Å². The Morgan fingerprint density at radius 3 is 2.04 bits per heavy atom. The van der Waals surface area contributed by atoms with Gasteiger partial charge < -0.3 is 5.11 Å². The van der Waals surface area contributed by atoms with E-state index in [4.69, 9.17) is 0 Å². The Hall–Kier alpha value is -1.31. The van der Waals surface area contributed by atoms with E-state index in [0.717, 1.165) is 24.0 Å². The van der Waals surface area contributed by atoms with E-state index < -0.39 is 0 Å². The van der Waals surface area contributed by atoms with Crippen molar-refractivity contribution in [2.24, 2.45) is 0 Å². The topological polar surface area (TPSA) is 37.3 Å². The molecule has 0 amide bonds. The van der Waals surface area contributed by atoms with Crippen LogP contribution in [-0.2, 0) is 0 Å². The average molecular weight is 333 g/mol. The highest BCUT2D eigenvalue weighted by Gasteiger charge is 2.19. The molecule has 0 aliphatic carbocycles. The predicted molar refractivity (Wildman–Crippen MR) is 103 cm³/mol. The fourth-order valence-corrected chi connectivity index (χ4v) is 3.21. The summed E-state index contributed by atoms with van der Waals surface area (Å²) in [7, 11) is 0. The van der Waals surface area contributed by atoms with Crippen molar-refractivity contribution in [1.29, 1.82) is 0 Å². The normalized spacial score (nSPS) is 11.2. The number of Topliss-reactive ketones (excluding diaryl/α,β-unsaturated/α-hetero) is 1. The zero-order chi connectivity index (χ0) is 17.9. The second-order valence-corrected chi connectivity index (χ2v) is 7.35. The van der Waals surface area contributed by atoms with E-state index in [1.54, 1.807) is 0 Å². The molecule has 1 aromatic carbocycles. The first-order valence-electron chi connectivity index (χ1n) is 9.84. The molecular formula is C22H36O2. The largest absolute Gasteiger partial charge is 0.507 e. The summed E-state index contributed by atoms with van der Waals surface area (Å²) >= 11 is 0. The molecule has 0 saturated heterocycles. The van der Waals surface area contributed by atoms with Crippen LogP contribution in [0, 0.1) is 6.92 Å². The number of ketones is 1. The molecule has 0 aliphatic heterocycles. The third-order valence-electron chi connectivity index (χ3n) is 4.82. The first kappa shape index (κ1) is 20.7. The number of rotatable bonds is 12. The molecule has 1 N–H and O–H groups in total. The molecule has 0 atom stereocenters. The van der Waals surface area contributed by atoms with Gasteiger partial charge in [-0.2, -0.15) is 0 Å². The summed E-state index contributed by atoms with van der Waals surface area (Å²) in [5.41, 5.74) is 2.32. The second kappa shape index (κ2) is 11.3. The van der Waals surface area contributed by atoms with Crippen molar-refractivity contribution in [3.05, 3.63) is 28.8 Å². The van der Waals surface area contributed by atoms with Gasteiger partial charge in [0.15, 0.2) is 5.78 Å². The summed E-state index contributed by atoms with van der Waals surface area (Å²) in [6, 6.07) is 3.89. The van der Waals surface area contributed by atoms with Crippen molar-refractivity contribution in [3.63, 3.8) is 0 Å². The number of hydrogen-bond acceptors (Lipinski definition) is 2. The number of aryl methyl sites for hydroxylation is 1. The molecule has 0 fully saturated rings. The third-order valence-corrected chi connectivity index (χ3v) is 4.82. The van der Waals surface area contributed by atoms with Crippen LogP contribution in [0.15, 0.2) is 12.1 Å². The lowest BCUT2D eigenvalue weighted by atomic mass is 9.90. The van der Waals surface area contributed by atoms with Gasteiger partial charge in [-0.25, -0.2) is 0 Å². The Kier molecular flexibility index (Phi) is 9.75. The second-order valence-electron chi connectivity index (χ2n) is 7.35. The number of benzene rings is 1. The van der Waals surface area contributed by atoms with Crippen LogP contribution in [0.25, 0.3) is 0 Å².